The first-order chi connectivity index (χ1) is 5.83. The lowest BCUT2D eigenvalue weighted by molar-refractivity contribution is 0.835. The zero-order chi connectivity index (χ0) is 8.81. The van der Waals surface area contributed by atoms with E-state index in [1.54, 1.807) is 0 Å². The molecule has 0 bridgehead atoms. The fourth-order valence-electron chi connectivity index (χ4n) is 1.01. The molecule has 0 unspecified atom stereocenters. The Kier molecular flexibility index (Phi) is 4.16. The molecule has 64 valence electrons. The Morgan fingerprint density at radius 1 is 1.25 bits per heavy atom. The van der Waals surface area contributed by atoms with E-state index in [1.807, 2.05) is 24.3 Å². The van der Waals surface area contributed by atoms with Crippen LogP contribution in [0.5, 0.6) is 0 Å². The average Bonchev–Trinajstić information content (AvgIpc) is 2.09. The summed E-state index contributed by atoms with van der Waals surface area (Å²) in [5, 5.41) is 0.796. The molecular weight excluding hydrogens is 168 g/mol. The van der Waals surface area contributed by atoms with Crippen LogP contribution in [0.3, 0.4) is 0 Å². The molecule has 0 spiro atoms. The van der Waals surface area contributed by atoms with Crippen LogP contribution in [0.1, 0.15) is 24.8 Å². The Labute approximate surface area is 79.6 Å². The van der Waals surface area contributed by atoms with Gasteiger partial charge in [-0.15, -0.1) is 0 Å². The molecule has 0 nitrogen and oxygen atoms in total. The van der Waals surface area contributed by atoms with Crippen LogP contribution >= 0.6 is 11.6 Å². The van der Waals surface area contributed by atoms with Crippen molar-refractivity contribution in [1.82, 2.24) is 0 Å². The SMILES string of the molecule is [CH2]CCC[CH]c1ccc(Cl)cc1. The minimum absolute atomic E-state index is 0.796. The van der Waals surface area contributed by atoms with Gasteiger partial charge >= 0.3 is 0 Å². The molecule has 1 heteroatoms. The molecule has 0 aromatic heterocycles. The van der Waals surface area contributed by atoms with Crippen LogP contribution in [-0.2, 0) is 0 Å². The summed E-state index contributed by atoms with van der Waals surface area (Å²) in [6, 6.07) is 7.89. The summed E-state index contributed by atoms with van der Waals surface area (Å²) in [5.41, 5.74) is 1.24. The van der Waals surface area contributed by atoms with Crippen molar-refractivity contribution in [3.8, 4) is 0 Å². The van der Waals surface area contributed by atoms with Crippen LogP contribution in [0.2, 0.25) is 5.02 Å². The molecule has 0 amide bonds. The maximum atomic E-state index is 5.75. The summed E-state index contributed by atoms with van der Waals surface area (Å²) in [7, 11) is 0. The fourth-order valence-corrected chi connectivity index (χ4v) is 1.14. The van der Waals surface area contributed by atoms with Gasteiger partial charge < -0.3 is 0 Å². The predicted molar refractivity (Wildman–Crippen MR) is 54.1 cm³/mol. The lowest BCUT2D eigenvalue weighted by Crippen LogP contribution is -1.81. The van der Waals surface area contributed by atoms with Crippen molar-refractivity contribution in [3.05, 3.63) is 48.2 Å². The Morgan fingerprint density at radius 3 is 2.50 bits per heavy atom. The first-order valence-electron chi connectivity index (χ1n) is 4.21. The maximum absolute atomic E-state index is 5.75. The van der Waals surface area contributed by atoms with Gasteiger partial charge in [-0.1, -0.05) is 43.5 Å². The Balaban J connectivity index is 2.37. The highest BCUT2D eigenvalue weighted by atomic mass is 35.5. The molecule has 0 fully saturated rings. The maximum Gasteiger partial charge on any atom is 0.0406 e. The third kappa shape index (κ3) is 3.27. The van der Waals surface area contributed by atoms with E-state index in [9.17, 15) is 0 Å². The van der Waals surface area contributed by atoms with Gasteiger partial charge in [-0.3, -0.25) is 0 Å². The van der Waals surface area contributed by atoms with E-state index in [0.29, 0.717) is 0 Å². The zero-order valence-corrected chi connectivity index (χ0v) is 7.85. The van der Waals surface area contributed by atoms with Gasteiger partial charge in [-0.25, -0.2) is 0 Å². The quantitative estimate of drug-likeness (QED) is 0.617. The second-order valence-corrected chi connectivity index (χ2v) is 3.19. The summed E-state index contributed by atoms with van der Waals surface area (Å²) in [6.45, 7) is 3.79. The monoisotopic (exact) mass is 180 g/mol. The van der Waals surface area contributed by atoms with Gasteiger partial charge in [0.05, 0.1) is 0 Å². The fraction of sp³-hybridized carbons (Fsp3) is 0.273. The average molecular weight is 181 g/mol. The van der Waals surface area contributed by atoms with Crippen LogP contribution < -0.4 is 0 Å². The molecule has 12 heavy (non-hydrogen) atoms. The van der Waals surface area contributed by atoms with Gasteiger partial charge in [0, 0.05) is 5.02 Å². The molecule has 0 atom stereocenters. The molecule has 1 aromatic rings. The molecule has 0 saturated carbocycles. The van der Waals surface area contributed by atoms with Crippen molar-refractivity contribution in [2.75, 3.05) is 0 Å². The summed E-state index contributed by atoms with van der Waals surface area (Å²) < 4.78 is 0. The third-order valence-electron chi connectivity index (χ3n) is 1.70. The largest absolute Gasteiger partial charge is 0.0843 e. The first-order valence-corrected chi connectivity index (χ1v) is 4.59. The van der Waals surface area contributed by atoms with Gasteiger partial charge in [0.1, 0.15) is 0 Å². The molecule has 0 aliphatic heterocycles. The highest BCUT2D eigenvalue weighted by Crippen LogP contribution is 2.13. The van der Waals surface area contributed by atoms with Crippen molar-refractivity contribution in [2.45, 2.75) is 19.3 Å². The highest BCUT2D eigenvalue weighted by molar-refractivity contribution is 6.30. The number of hydrogen-bond acceptors (Lipinski definition) is 0. The number of unbranched alkanes of at least 4 members (excludes halogenated alkanes) is 2. The summed E-state index contributed by atoms with van der Waals surface area (Å²) in [6.07, 6.45) is 5.47. The third-order valence-corrected chi connectivity index (χ3v) is 1.96. The molecule has 0 aliphatic carbocycles. The molecule has 1 rings (SSSR count). The standard InChI is InChI=1S/C11H13Cl/c1-2-3-4-5-10-6-8-11(12)9-7-10/h5-9H,1-4H2. The van der Waals surface area contributed by atoms with Gasteiger partial charge in [-0.2, -0.15) is 0 Å². The van der Waals surface area contributed by atoms with Gasteiger partial charge in [-0.05, 0) is 30.5 Å². The highest BCUT2D eigenvalue weighted by Gasteiger charge is 1.92. The number of halogens is 1. The lowest BCUT2D eigenvalue weighted by Gasteiger charge is -1.99. The molecule has 2 radical (unpaired) electrons. The van der Waals surface area contributed by atoms with Crippen molar-refractivity contribution in [1.29, 1.82) is 0 Å². The van der Waals surface area contributed by atoms with Crippen molar-refractivity contribution < 1.29 is 0 Å². The number of hydrogen-bond donors (Lipinski definition) is 0. The number of benzene rings is 1. The second-order valence-electron chi connectivity index (χ2n) is 2.75. The molecule has 1 aromatic carbocycles. The van der Waals surface area contributed by atoms with Crippen LogP contribution in [0.4, 0.5) is 0 Å². The summed E-state index contributed by atoms with van der Waals surface area (Å²) in [5.74, 6) is 0. The van der Waals surface area contributed by atoms with Crippen LogP contribution in [-0.4, -0.2) is 0 Å². The predicted octanol–water partition coefficient (Wildman–Crippen LogP) is 3.90. The van der Waals surface area contributed by atoms with Crippen molar-refractivity contribution in [3.63, 3.8) is 0 Å². The molecule has 0 heterocycles. The number of rotatable bonds is 4. The van der Waals surface area contributed by atoms with Gasteiger partial charge in [0.2, 0.25) is 0 Å². The van der Waals surface area contributed by atoms with Crippen LogP contribution in [0, 0.1) is 13.3 Å². The Hall–Kier alpha value is -0.490. The van der Waals surface area contributed by atoms with Crippen LogP contribution in [0.25, 0.3) is 0 Å². The minimum Gasteiger partial charge on any atom is -0.0843 e. The Morgan fingerprint density at radius 2 is 1.92 bits per heavy atom. The van der Waals surface area contributed by atoms with Crippen molar-refractivity contribution in [2.24, 2.45) is 0 Å². The lowest BCUT2D eigenvalue weighted by atomic mass is 10.1. The molecular formula is C11H13Cl. The van der Waals surface area contributed by atoms with E-state index in [2.05, 4.69) is 13.3 Å². The van der Waals surface area contributed by atoms with E-state index in [4.69, 9.17) is 11.6 Å². The normalized spacial score (nSPS) is 10.2. The van der Waals surface area contributed by atoms with E-state index < -0.39 is 0 Å². The summed E-state index contributed by atoms with van der Waals surface area (Å²) >= 11 is 5.75. The van der Waals surface area contributed by atoms with E-state index in [1.165, 1.54) is 5.56 Å². The second kappa shape index (κ2) is 5.21. The molecule has 0 aliphatic rings. The smallest absolute Gasteiger partial charge is 0.0406 e. The van der Waals surface area contributed by atoms with E-state index in [0.717, 1.165) is 24.3 Å². The summed E-state index contributed by atoms with van der Waals surface area (Å²) in [4.78, 5) is 0. The van der Waals surface area contributed by atoms with E-state index in [-0.39, 0.29) is 0 Å². The minimum atomic E-state index is 0.796. The van der Waals surface area contributed by atoms with Crippen LogP contribution in [0.15, 0.2) is 24.3 Å². The molecule has 0 N–H and O–H groups in total. The van der Waals surface area contributed by atoms with Gasteiger partial charge in [0.15, 0.2) is 0 Å². The van der Waals surface area contributed by atoms with Gasteiger partial charge in [0.25, 0.3) is 0 Å². The molecule has 0 saturated heterocycles. The first kappa shape index (κ1) is 9.60. The van der Waals surface area contributed by atoms with Crippen molar-refractivity contribution >= 4 is 11.6 Å². The topological polar surface area (TPSA) is 0 Å². The zero-order valence-electron chi connectivity index (χ0n) is 7.09. The van der Waals surface area contributed by atoms with E-state index >= 15 is 0 Å². The Bertz CT molecular complexity index is 213.